The van der Waals surface area contributed by atoms with Crippen LogP contribution in [-0.4, -0.2) is 71.9 Å². The first kappa shape index (κ1) is 26.4. The first-order chi connectivity index (χ1) is 15.5. The van der Waals surface area contributed by atoms with Crippen molar-refractivity contribution in [3.05, 3.63) is 29.3 Å². The summed E-state index contributed by atoms with van der Waals surface area (Å²) in [7, 11) is 0.600. The summed E-state index contributed by atoms with van der Waals surface area (Å²) < 4.78 is 47.0. The lowest BCUT2D eigenvalue weighted by Crippen LogP contribution is -2.48. The lowest BCUT2D eigenvalue weighted by molar-refractivity contribution is 0.00578. The van der Waals surface area contributed by atoms with Gasteiger partial charge in [0.2, 0.25) is 0 Å². The Hall–Kier alpha value is -2.20. The van der Waals surface area contributed by atoms with Crippen molar-refractivity contribution in [2.45, 2.75) is 84.2 Å². The molecular formula is C24H35BF2N2O5. The van der Waals surface area contributed by atoms with Gasteiger partial charge in [-0.3, -0.25) is 4.79 Å². The average Bonchev–Trinajstić information content (AvgIpc) is 2.94. The van der Waals surface area contributed by atoms with E-state index >= 15 is 0 Å². The topological polar surface area (TPSA) is 68.3 Å². The van der Waals surface area contributed by atoms with Crippen LogP contribution in [0.3, 0.4) is 0 Å². The van der Waals surface area contributed by atoms with Gasteiger partial charge in [0.05, 0.1) is 16.8 Å². The SMILES string of the molecule is CN(C(=O)OC(C)(C)C)C1CCN(C(=O)c2ccc(B3OC(C)(C)C(C)(C)O3)c(F)c2F)CC1. The molecule has 0 spiro atoms. The number of carbonyl (C=O) groups is 2. The molecule has 10 heteroatoms. The number of piperidine rings is 1. The fraction of sp³-hybridized carbons (Fsp3) is 0.667. The van der Waals surface area contributed by atoms with E-state index in [1.54, 1.807) is 27.8 Å². The van der Waals surface area contributed by atoms with Crippen molar-refractivity contribution in [1.82, 2.24) is 9.80 Å². The number of likely N-dealkylation sites (tertiary alicyclic amines) is 1. The second-order valence-corrected chi connectivity index (χ2v) is 11.0. The molecule has 0 radical (unpaired) electrons. The maximum absolute atomic E-state index is 15.0. The molecule has 0 aliphatic carbocycles. The maximum atomic E-state index is 15.0. The molecule has 0 unspecified atom stereocenters. The quantitative estimate of drug-likeness (QED) is 0.617. The molecule has 2 aliphatic rings. The van der Waals surface area contributed by atoms with Gasteiger partial charge in [-0.25, -0.2) is 13.6 Å². The molecule has 2 saturated heterocycles. The first-order valence-electron chi connectivity index (χ1n) is 11.6. The molecule has 2 aliphatic heterocycles. The highest BCUT2D eigenvalue weighted by Crippen LogP contribution is 2.37. The number of rotatable bonds is 3. The molecule has 188 valence electrons. The zero-order chi connectivity index (χ0) is 25.6. The molecule has 0 atom stereocenters. The van der Waals surface area contributed by atoms with Gasteiger partial charge in [0.1, 0.15) is 5.60 Å². The molecule has 1 aromatic carbocycles. The minimum absolute atomic E-state index is 0.0783. The van der Waals surface area contributed by atoms with E-state index in [9.17, 15) is 18.4 Å². The predicted molar refractivity (Wildman–Crippen MR) is 125 cm³/mol. The van der Waals surface area contributed by atoms with Crippen LogP contribution < -0.4 is 5.46 Å². The molecule has 0 N–H and O–H groups in total. The van der Waals surface area contributed by atoms with Gasteiger partial charge in [-0.05, 0) is 67.4 Å². The third-order valence-corrected chi connectivity index (χ3v) is 6.83. The van der Waals surface area contributed by atoms with Crippen molar-refractivity contribution >= 4 is 24.6 Å². The van der Waals surface area contributed by atoms with Gasteiger partial charge in [0, 0.05) is 31.6 Å². The zero-order valence-corrected chi connectivity index (χ0v) is 21.3. The normalized spacial score (nSPS) is 20.4. The Labute approximate surface area is 200 Å². The Morgan fingerprint density at radius 3 is 2.09 bits per heavy atom. The monoisotopic (exact) mass is 480 g/mol. The lowest BCUT2D eigenvalue weighted by Gasteiger charge is -2.37. The summed E-state index contributed by atoms with van der Waals surface area (Å²) in [6, 6.07) is 2.52. The van der Waals surface area contributed by atoms with Crippen molar-refractivity contribution in [2.75, 3.05) is 20.1 Å². The summed E-state index contributed by atoms with van der Waals surface area (Å²) in [5, 5.41) is 0. The van der Waals surface area contributed by atoms with Crippen LogP contribution in [0.4, 0.5) is 13.6 Å². The number of ether oxygens (including phenoxy) is 1. The smallest absolute Gasteiger partial charge is 0.444 e. The summed E-state index contributed by atoms with van der Waals surface area (Å²) in [5.41, 5.74) is -2.42. The van der Waals surface area contributed by atoms with E-state index in [1.165, 1.54) is 21.9 Å². The second-order valence-electron chi connectivity index (χ2n) is 11.0. The minimum atomic E-state index is -1.22. The molecule has 34 heavy (non-hydrogen) atoms. The van der Waals surface area contributed by atoms with Crippen molar-refractivity contribution < 1.29 is 32.4 Å². The fourth-order valence-electron chi connectivity index (χ4n) is 3.99. The van der Waals surface area contributed by atoms with E-state index in [1.807, 2.05) is 27.7 Å². The van der Waals surface area contributed by atoms with Crippen LogP contribution >= 0.6 is 0 Å². The van der Waals surface area contributed by atoms with E-state index in [4.69, 9.17) is 14.0 Å². The number of halogens is 2. The number of nitrogens with zero attached hydrogens (tertiary/aromatic N) is 2. The van der Waals surface area contributed by atoms with Gasteiger partial charge in [-0.15, -0.1) is 0 Å². The number of carbonyl (C=O) groups excluding carboxylic acids is 2. The molecule has 7 nitrogen and oxygen atoms in total. The molecule has 2 amide bonds. The molecular weight excluding hydrogens is 445 g/mol. The van der Waals surface area contributed by atoms with Gasteiger partial charge in [-0.1, -0.05) is 6.07 Å². The van der Waals surface area contributed by atoms with Crippen LogP contribution in [0.1, 0.15) is 71.7 Å². The van der Waals surface area contributed by atoms with Gasteiger partial charge >= 0.3 is 13.2 Å². The van der Waals surface area contributed by atoms with Crippen LogP contribution in [0.25, 0.3) is 0 Å². The van der Waals surface area contributed by atoms with Crippen LogP contribution in [0.15, 0.2) is 12.1 Å². The van der Waals surface area contributed by atoms with Gasteiger partial charge < -0.3 is 23.8 Å². The fourth-order valence-corrected chi connectivity index (χ4v) is 3.99. The van der Waals surface area contributed by atoms with Crippen molar-refractivity contribution in [3.63, 3.8) is 0 Å². The van der Waals surface area contributed by atoms with Gasteiger partial charge in [0.15, 0.2) is 11.6 Å². The molecule has 0 aromatic heterocycles. The lowest BCUT2D eigenvalue weighted by atomic mass is 9.78. The summed E-state index contributed by atoms with van der Waals surface area (Å²) >= 11 is 0. The van der Waals surface area contributed by atoms with E-state index in [-0.39, 0.29) is 17.1 Å². The average molecular weight is 480 g/mol. The largest absolute Gasteiger partial charge is 0.497 e. The summed E-state index contributed by atoms with van der Waals surface area (Å²) in [4.78, 5) is 28.3. The second kappa shape index (κ2) is 9.11. The number of benzene rings is 1. The summed E-state index contributed by atoms with van der Waals surface area (Å²) in [5.74, 6) is -2.95. The van der Waals surface area contributed by atoms with Crippen molar-refractivity contribution in [1.29, 1.82) is 0 Å². The third-order valence-electron chi connectivity index (χ3n) is 6.83. The molecule has 0 bridgehead atoms. The molecule has 2 fully saturated rings. The van der Waals surface area contributed by atoms with Crippen LogP contribution in [0.2, 0.25) is 0 Å². The Bertz CT molecular complexity index is 939. The van der Waals surface area contributed by atoms with Crippen LogP contribution in [-0.2, 0) is 14.0 Å². The number of hydrogen-bond donors (Lipinski definition) is 0. The Morgan fingerprint density at radius 2 is 1.59 bits per heavy atom. The highest BCUT2D eigenvalue weighted by molar-refractivity contribution is 6.62. The Morgan fingerprint density at radius 1 is 1.06 bits per heavy atom. The van der Waals surface area contributed by atoms with Crippen LogP contribution in [0, 0.1) is 11.6 Å². The van der Waals surface area contributed by atoms with Gasteiger partial charge in [-0.2, -0.15) is 0 Å². The zero-order valence-electron chi connectivity index (χ0n) is 21.3. The maximum Gasteiger partial charge on any atom is 0.497 e. The van der Waals surface area contributed by atoms with E-state index in [0.29, 0.717) is 25.9 Å². The van der Waals surface area contributed by atoms with E-state index in [2.05, 4.69) is 0 Å². The van der Waals surface area contributed by atoms with Crippen molar-refractivity contribution in [2.24, 2.45) is 0 Å². The molecule has 0 saturated carbocycles. The third kappa shape index (κ3) is 5.22. The first-order valence-corrected chi connectivity index (χ1v) is 11.6. The van der Waals surface area contributed by atoms with Crippen LogP contribution in [0.5, 0.6) is 0 Å². The highest BCUT2D eigenvalue weighted by Gasteiger charge is 2.52. The van der Waals surface area contributed by atoms with Gasteiger partial charge in [0.25, 0.3) is 5.91 Å². The number of hydrogen-bond acceptors (Lipinski definition) is 5. The van der Waals surface area contributed by atoms with Crippen molar-refractivity contribution in [3.8, 4) is 0 Å². The predicted octanol–water partition coefficient (Wildman–Crippen LogP) is 3.74. The molecule has 3 rings (SSSR count). The molecule has 2 heterocycles. The molecule has 1 aromatic rings. The van der Waals surface area contributed by atoms with E-state index < -0.39 is 47.6 Å². The summed E-state index contributed by atoms with van der Waals surface area (Å²) in [6.45, 7) is 13.3. The summed E-state index contributed by atoms with van der Waals surface area (Å²) in [6.07, 6.45) is 0.596. The Balaban J connectivity index is 1.67. The van der Waals surface area contributed by atoms with E-state index in [0.717, 1.165) is 0 Å². The minimum Gasteiger partial charge on any atom is -0.444 e. The number of amides is 2. The standard InChI is InChI=1S/C24H35BF2N2O5/c1-22(2,3)32-21(31)28(8)15-11-13-29(14-12-15)20(30)16-9-10-17(19(27)18(16)26)25-33-23(4,5)24(6,7)34-25/h9-10,15H,11-14H2,1-8H3. The highest BCUT2D eigenvalue weighted by atomic mass is 19.2. The Kier molecular flexibility index (Phi) is 7.08.